The number of aryl methyl sites for hydroxylation is 1. The molecule has 0 aliphatic heterocycles. The maximum absolute atomic E-state index is 11.3. The lowest BCUT2D eigenvalue weighted by molar-refractivity contribution is 0.100. The van der Waals surface area contributed by atoms with Crippen LogP contribution in [0.25, 0.3) is 10.9 Å². The number of carbonyl (C=O) groups excluding carboxylic acids is 1. The Morgan fingerprint density at radius 3 is 2.80 bits per heavy atom. The molecule has 78 valence electrons. The van der Waals surface area contributed by atoms with Crippen molar-refractivity contribution in [2.75, 3.05) is 7.11 Å². The number of primary amides is 1. The summed E-state index contributed by atoms with van der Waals surface area (Å²) in [5.41, 5.74) is 7.43. The molecule has 0 aliphatic rings. The number of nitrogens with one attached hydrogen (secondary N) is 1. The Kier molecular flexibility index (Phi) is 2.11. The first-order valence-corrected chi connectivity index (χ1v) is 4.60. The lowest BCUT2D eigenvalue weighted by atomic mass is 10.1. The highest BCUT2D eigenvalue weighted by molar-refractivity contribution is 6.08. The van der Waals surface area contributed by atoms with Crippen molar-refractivity contribution in [3.63, 3.8) is 0 Å². The Hall–Kier alpha value is -1.97. The molecule has 0 saturated carbocycles. The van der Waals surface area contributed by atoms with E-state index < -0.39 is 5.91 Å². The van der Waals surface area contributed by atoms with Gasteiger partial charge in [0.1, 0.15) is 5.75 Å². The number of benzene rings is 1. The van der Waals surface area contributed by atoms with E-state index in [1.165, 1.54) is 0 Å². The summed E-state index contributed by atoms with van der Waals surface area (Å²) in [6, 6.07) is 5.52. The van der Waals surface area contributed by atoms with Gasteiger partial charge in [-0.2, -0.15) is 0 Å². The van der Waals surface area contributed by atoms with E-state index >= 15 is 0 Å². The molecule has 0 saturated heterocycles. The van der Waals surface area contributed by atoms with E-state index in [0.717, 1.165) is 16.6 Å². The van der Waals surface area contributed by atoms with Gasteiger partial charge in [-0.05, 0) is 13.0 Å². The number of rotatable bonds is 2. The van der Waals surface area contributed by atoms with Crippen LogP contribution in [0, 0.1) is 6.92 Å². The molecule has 1 amide bonds. The number of fused-ring (bicyclic) bond motifs is 1. The molecular weight excluding hydrogens is 192 g/mol. The predicted molar refractivity (Wildman–Crippen MR) is 58.1 cm³/mol. The highest BCUT2D eigenvalue weighted by atomic mass is 16.5. The van der Waals surface area contributed by atoms with E-state index in [2.05, 4.69) is 4.98 Å². The summed E-state index contributed by atoms with van der Waals surface area (Å²) in [5.74, 6) is 0.287. The summed E-state index contributed by atoms with van der Waals surface area (Å²) >= 11 is 0. The maximum atomic E-state index is 11.3. The van der Waals surface area contributed by atoms with Crippen molar-refractivity contribution in [1.29, 1.82) is 0 Å². The van der Waals surface area contributed by atoms with Crippen molar-refractivity contribution >= 4 is 16.8 Å². The van der Waals surface area contributed by atoms with Gasteiger partial charge in [-0.3, -0.25) is 4.79 Å². The van der Waals surface area contributed by atoms with Gasteiger partial charge in [-0.25, -0.2) is 0 Å². The second-order valence-electron chi connectivity index (χ2n) is 3.37. The molecular formula is C11H12N2O2. The SMILES string of the molecule is COc1cccc2c(C(N)=O)c(C)[nH]c12. The molecule has 0 spiro atoms. The van der Waals surface area contributed by atoms with Crippen LogP contribution in [0.4, 0.5) is 0 Å². The quantitative estimate of drug-likeness (QED) is 0.779. The Bertz CT molecular complexity index is 529. The highest BCUT2D eigenvalue weighted by Crippen LogP contribution is 2.28. The van der Waals surface area contributed by atoms with Crippen LogP contribution >= 0.6 is 0 Å². The third-order valence-corrected chi connectivity index (χ3v) is 2.45. The standard InChI is InChI=1S/C11H12N2O2/c1-6-9(11(12)14)7-4-3-5-8(15-2)10(7)13-6/h3-5,13H,1-2H3,(H2,12,14). The molecule has 1 heterocycles. The topological polar surface area (TPSA) is 68.1 Å². The van der Waals surface area contributed by atoms with Crippen molar-refractivity contribution in [3.05, 3.63) is 29.5 Å². The fourth-order valence-electron chi connectivity index (χ4n) is 1.81. The van der Waals surface area contributed by atoms with Crippen molar-refractivity contribution in [3.8, 4) is 5.75 Å². The van der Waals surface area contributed by atoms with E-state index in [1.54, 1.807) is 7.11 Å². The number of hydrogen-bond donors (Lipinski definition) is 2. The molecule has 1 aromatic carbocycles. The van der Waals surface area contributed by atoms with Crippen LogP contribution in [-0.4, -0.2) is 18.0 Å². The molecule has 0 radical (unpaired) electrons. The molecule has 3 N–H and O–H groups in total. The number of hydrogen-bond acceptors (Lipinski definition) is 2. The number of amides is 1. The first-order chi connectivity index (χ1) is 7.15. The zero-order chi connectivity index (χ0) is 11.0. The lowest BCUT2D eigenvalue weighted by Crippen LogP contribution is -2.11. The van der Waals surface area contributed by atoms with E-state index in [9.17, 15) is 4.79 Å². The number of H-pyrrole nitrogens is 1. The van der Waals surface area contributed by atoms with Gasteiger partial charge in [-0.1, -0.05) is 12.1 Å². The van der Waals surface area contributed by atoms with Crippen molar-refractivity contribution < 1.29 is 9.53 Å². The van der Waals surface area contributed by atoms with Crippen molar-refractivity contribution in [2.45, 2.75) is 6.92 Å². The van der Waals surface area contributed by atoms with Gasteiger partial charge in [0.2, 0.25) is 0 Å². The van der Waals surface area contributed by atoms with Gasteiger partial charge < -0.3 is 15.5 Å². The third-order valence-electron chi connectivity index (χ3n) is 2.45. The van der Waals surface area contributed by atoms with Gasteiger partial charge in [0.05, 0.1) is 18.2 Å². The Morgan fingerprint density at radius 1 is 1.47 bits per heavy atom. The van der Waals surface area contributed by atoms with Crippen molar-refractivity contribution in [2.24, 2.45) is 5.73 Å². The van der Waals surface area contributed by atoms with E-state index in [1.807, 2.05) is 25.1 Å². The van der Waals surface area contributed by atoms with Crippen LogP contribution in [0.3, 0.4) is 0 Å². The van der Waals surface area contributed by atoms with Crippen LogP contribution in [-0.2, 0) is 0 Å². The molecule has 2 aromatic rings. The molecule has 15 heavy (non-hydrogen) atoms. The smallest absolute Gasteiger partial charge is 0.251 e. The van der Waals surface area contributed by atoms with Crippen LogP contribution in [0.5, 0.6) is 5.75 Å². The summed E-state index contributed by atoms with van der Waals surface area (Å²) in [5, 5.41) is 0.805. The zero-order valence-corrected chi connectivity index (χ0v) is 8.63. The number of para-hydroxylation sites is 1. The normalized spacial score (nSPS) is 10.5. The maximum Gasteiger partial charge on any atom is 0.251 e. The molecule has 0 unspecified atom stereocenters. The first kappa shape index (κ1) is 9.58. The van der Waals surface area contributed by atoms with Gasteiger partial charge >= 0.3 is 0 Å². The summed E-state index contributed by atoms with van der Waals surface area (Å²) in [4.78, 5) is 14.4. The van der Waals surface area contributed by atoms with Crippen LogP contribution in [0.15, 0.2) is 18.2 Å². The third kappa shape index (κ3) is 1.34. The summed E-state index contributed by atoms with van der Waals surface area (Å²) in [6.45, 7) is 1.82. The van der Waals surface area contributed by atoms with Gasteiger partial charge in [0.25, 0.3) is 5.91 Å². The second kappa shape index (κ2) is 3.31. The molecule has 1 aromatic heterocycles. The zero-order valence-electron chi connectivity index (χ0n) is 8.63. The largest absolute Gasteiger partial charge is 0.495 e. The van der Waals surface area contributed by atoms with Gasteiger partial charge in [-0.15, -0.1) is 0 Å². The minimum Gasteiger partial charge on any atom is -0.495 e. The van der Waals surface area contributed by atoms with E-state index in [-0.39, 0.29) is 0 Å². The molecule has 4 heteroatoms. The number of ether oxygens (including phenoxy) is 1. The first-order valence-electron chi connectivity index (χ1n) is 4.60. The fraction of sp³-hybridized carbons (Fsp3) is 0.182. The number of methoxy groups -OCH3 is 1. The minimum absolute atomic E-state index is 0.424. The molecule has 0 fully saturated rings. The van der Waals surface area contributed by atoms with Gasteiger partial charge in [0, 0.05) is 11.1 Å². The van der Waals surface area contributed by atoms with Crippen LogP contribution < -0.4 is 10.5 Å². The second-order valence-corrected chi connectivity index (χ2v) is 3.37. The van der Waals surface area contributed by atoms with Gasteiger partial charge in [0.15, 0.2) is 0 Å². The van der Waals surface area contributed by atoms with Crippen molar-refractivity contribution in [1.82, 2.24) is 4.98 Å². The molecule has 0 aliphatic carbocycles. The summed E-state index contributed by atoms with van der Waals surface area (Å²) in [7, 11) is 1.59. The lowest BCUT2D eigenvalue weighted by Gasteiger charge is -2.00. The summed E-state index contributed by atoms with van der Waals surface area (Å²) < 4.78 is 5.19. The molecule has 2 rings (SSSR count). The number of nitrogens with two attached hydrogens (primary N) is 1. The predicted octanol–water partition coefficient (Wildman–Crippen LogP) is 1.58. The van der Waals surface area contributed by atoms with Crippen LogP contribution in [0.2, 0.25) is 0 Å². The van der Waals surface area contributed by atoms with E-state index in [4.69, 9.17) is 10.5 Å². The minimum atomic E-state index is -0.424. The Morgan fingerprint density at radius 2 is 2.20 bits per heavy atom. The molecule has 0 atom stereocenters. The monoisotopic (exact) mass is 204 g/mol. The molecule has 0 bridgehead atoms. The average Bonchev–Trinajstić information content (AvgIpc) is 2.53. The summed E-state index contributed by atoms with van der Waals surface area (Å²) in [6.07, 6.45) is 0. The fourth-order valence-corrected chi connectivity index (χ4v) is 1.81. The van der Waals surface area contributed by atoms with Crippen LogP contribution in [0.1, 0.15) is 16.1 Å². The molecule has 4 nitrogen and oxygen atoms in total. The Labute approximate surface area is 87.0 Å². The number of aromatic amines is 1. The average molecular weight is 204 g/mol. The highest BCUT2D eigenvalue weighted by Gasteiger charge is 2.15. The number of aromatic nitrogens is 1. The Balaban J connectivity index is 2.84. The number of carbonyl (C=O) groups is 1. The van der Waals surface area contributed by atoms with E-state index in [0.29, 0.717) is 11.3 Å².